The number of nitrogens with zero attached hydrogens (tertiary/aromatic N) is 2. The zero-order valence-corrected chi connectivity index (χ0v) is 11.7. The maximum absolute atomic E-state index is 12.1. The third kappa shape index (κ3) is 3.40. The fraction of sp³-hybridized carbons (Fsp3) is 0.769. The molecule has 0 aromatic carbocycles. The summed E-state index contributed by atoms with van der Waals surface area (Å²) in [5.74, 6) is -1.22. The van der Waals surface area contributed by atoms with Crippen molar-refractivity contribution in [2.24, 2.45) is 5.92 Å². The van der Waals surface area contributed by atoms with Crippen LogP contribution >= 0.6 is 0 Å². The Kier molecular flexibility index (Phi) is 4.46. The van der Waals surface area contributed by atoms with Crippen LogP contribution in [0.3, 0.4) is 0 Å². The van der Waals surface area contributed by atoms with Gasteiger partial charge in [-0.25, -0.2) is 4.79 Å². The molecule has 7 heteroatoms. The van der Waals surface area contributed by atoms with Gasteiger partial charge in [-0.3, -0.25) is 9.59 Å². The van der Waals surface area contributed by atoms with Gasteiger partial charge in [0.1, 0.15) is 6.54 Å². The Labute approximate surface area is 117 Å². The summed E-state index contributed by atoms with van der Waals surface area (Å²) in [5, 5.41) is 11.8. The summed E-state index contributed by atoms with van der Waals surface area (Å²) in [6, 6.07) is -0.357. The van der Waals surface area contributed by atoms with E-state index >= 15 is 0 Å². The highest BCUT2D eigenvalue weighted by Crippen LogP contribution is 2.25. The van der Waals surface area contributed by atoms with Crippen LogP contribution in [0.2, 0.25) is 0 Å². The van der Waals surface area contributed by atoms with E-state index in [1.54, 1.807) is 11.9 Å². The Balaban J connectivity index is 1.86. The minimum Gasteiger partial charge on any atom is -0.481 e. The Morgan fingerprint density at radius 1 is 1.30 bits per heavy atom. The quantitative estimate of drug-likeness (QED) is 0.753. The van der Waals surface area contributed by atoms with Crippen LogP contribution in [-0.2, 0) is 9.59 Å². The molecule has 2 atom stereocenters. The highest BCUT2D eigenvalue weighted by atomic mass is 16.4. The second-order valence-corrected chi connectivity index (χ2v) is 5.59. The second-order valence-electron chi connectivity index (χ2n) is 5.59. The lowest BCUT2D eigenvalue weighted by Crippen LogP contribution is -2.46. The van der Waals surface area contributed by atoms with Gasteiger partial charge in [0, 0.05) is 26.2 Å². The molecule has 2 fully saturated rings. The SMILES string of the molecule is CN1CCCN(C(=O)N[C@H]2CC[C@@H](C(=O)O)C2)CC1=O. The Bertz CT molecular complexity index is 412. The van der Waals surface area contributed by atoms with Crippen LogP contribution in [0.15, 0.2) is 0 Å². The predicted octanol–water partition coefficient (Wildman–Crippen LogP) is 0.113. The summed E-state index contributed by atoms with van der Waals surface area (Å²) >= 11 is 0. The Morgan fingerprint density at radius 2 is 2.05 bits per heavy atom. The fourth-order valence-electron chi connectivity index (χ4n) is 2.76. The van der Waals surface area contributed by atoms with Gasteiger partial charge in [-0.05, 0) is 25.7 Å². The lowest BCUT2D eigenvalue weighted by Gasteiger charge is -2.22. The Hall–Kier alpha value is -1.79. The molecule has 0 radical (unpaired) electrons. The van der Waals surface area contributed by atoms with E-state index in [1.807, 2.05) is 0 Å². The zero-order valence-electron chi connectivity index (χ0n) is 11.7. The largest absolute Gasteiger partial charge is 0.481 e. The summed E-state index contributed by atoms with van der Waals surface area (Å²) in [5.41, 5.74) is 0. The van der Waals surface area contributed by atoms with E-state index in [1.165, 1.54) is 4.90 Å². The average molecular weight is 283 g/mol. The molecular formula is C13H21N3O4. The number of urea groups is 1. The van der Waals surface area contributed by atoms with E-state index in [9.17, 15) is 14.4 Å². The molecule has 1 saturated heterocycles. The van der Waals surface area contributed by atoms with E-state index < -0.39 is 5.97 Å². The molecule has 2 aliphatic rings. The van der Waals surface area contributed by atoms with Gasteiger partial charge in [-0.1, -0.05) is 0 Å². The number of carboxylic acid groups (broad SMARTS) is 1. The van der Waals surface area contributed by atoms with Crippen LogP contribution in [0.5, 0.6) is 0 Å². The number of hydrogen-bond donors (Lipinski definition) is 2. The zero-order chi connectivity index (χ0) is 14.7. The van der Waals surface area contributed by atoms with Gasteiger partial charge < -0.3 is 20.2 Å². The predicted molar refractivity (Wildman–Crippen MR) is 71.1 cm³/mol. The molecule has 1 aliphatic heterocycles. The number of carbonyl (C=O) groups excluding carboxylic acids is 2. The highest BCUT2D eigenvalue weighted by molar-refractivity contribution is 5.84. The number of rotatable bonds is 2. The van der Waals surface area contributed by atoms with Gasteiger partial charge in [0.05, 0.1) is 5.92 Å². The van der Waals surface area contributed by atoms with Gasteiger partial charge in [-0.2, -0.15) is 0 Å². The molecule has 2 N–H and O–H groups in total. The van der Waals surface area contributed by atoms with Crippen molar-refractivity contribution < 1.29 is 19.5 Å². The second kappa shape index (κ2) is 6.11. The minimum absolute atomic E-state index is 0.0625. The molecule has 1 heterocycles. The normalized spacial score (nSPS) is 27.4. The van der Waals surface area contributed by atoms with Crippen molar-refractivity contribution in [2.45, 2.75) is 31.7 Å². The molecule has 1 aliphatic carbocycles. The lowest BCUT2D eigenvalue weighted by atomic mass is 10.1. The number of hydrogen-bond acceptors (Lipinski definition) is 3. The first-order valence-corrected chi connectivity index (χ1v) is 6.99. The number of likely N-dealkylation sites (N-methyl/N-ethyl adjacent to an activating group) is 1. The smallest absolute Gasteiger partial charge is 0.318 e. The molecule has 0 bridgehead atoms. The van der Waals surface area contributed by atoms with Crippen LogP contribution in [0.1, 0.15) is 25.7 Å². The van der Waals surface area contributed by atoms with Gasteiger partial charge >= 0.3 is 12.0 Å². The molecule has 2 rings (SSSR count). The van der Waals surface area contributed by atoms with Crippen molar-refractivity contribution in [3.63, 3.8) is 0 Å². The topological polar surface area (TPSA) is 89.9 Å². The third-order valence-corrected chi connectivity index (χ3v) is 4.07. The van der Waals surface area contributed by atoms with E-state index in [4.69, 9.17) is 5.11 Å². The maximum atomic E-state index is 12.1. The van der Waals surface area contributed by atoms with Crippen LogP contribution in [0, 0.1) is 5.92 Å². The average Bonchev–Trinajstić information content (AvgIpc) is 2.78. The molecular weight excluding hydrogens is 262 g/mol. The molecule has 20 heavy (non-hydrogen) atoms. The monoisotopic (exact) mass is 283 g/mol. The van der Waals surface area contributed by atoms with Crippen LogP contribution in [0.25, 0.3) is 0 Å². The number of nitrogens with one attached hydrogen (secondary N) is 1. The van der Waals surface area contributed by atoms with Gasteiger partial charge in [0.25, 0.3) is 0 Å². The van der Waals surface area contributed by atoms with Crippen LogP contribution in [0.4, 0.5) is 4.79 Å². The van der Waals surface area contributed by atoms with Gasteiger partial charge in [-0.15, -0.1) is 0 Å². The molecule has 0 spiro atoms. The molecule has 0 aromatic rings. The number of carboxylic acids is 1. The van der Waals surface area contributed by atoms with Crippen molar-refractivity contribution in [3.05, 3.63) is 0 Å². The summed E-state index contributed by atoms with van der Waals surface area (Å²) in [4.78, 5) is 37.9. The summed E-state index contributed by atoms with van der Waals surface area (Å²) < 4.78 is 0. The first kappa shape index (κ1) is 14.6. The molecule has 112 valence electrons. The van der Waals surface area contributed by atoms with E-state index in [-0.39, 0.29) is 30.4 Å². The number of aliphatic carboxylic acids is 1. The van der Waals surface area contributed by atoms with Crippen LogP contribution in [-0.4, -0.2) is 65.5 Å². The molecule has 0 unspecified atom stereocenters. The van der Waals surface area contributed by atoms with Crippen molar-refractivity contribution in [2.75, 3.05) is 26.7 Å². The molecule has 7 nitrogen and oxygen atoms in total. The third-order valence-electron chi connectivity index (χ3n) is 4.07. The molecule has 0 aromatic heterocycles. The van der Waals surface area contributed by atoms with Crippen LogP contribution < -0.4 is 5.32 Å². The van der Waals surface area contributed by atoms with Crippen molar-refractivity contribution in [1.82, 2.24) is 15.1 Å². The fourth-order valence-corrected chi connectivity index (χ4v) is 2.76. The number of amides is 3. The van der Waals surface area contributed by atoms with Crippen molar-refractivity contribution >= 4 is 17.9 Å². The standard InChI is InChI=1S/C13H21N3O4/c1-15-5-2-6-16(8-11(15)17)13(20)14-10-4-3-9(7-10)12(18)19/h9-10H,2-8H2,1H3,(H,14,20)(H,18,19)/t9-,10+/m1/s1. The summed E-state index contributed by atoms with van der Waals surface area (Å²) in [7, 11) is 1.73. The Morgan fingerprint density at radius 3 is 2.70 bits per heavy atom. The first-order valence-electron chi connectivity index (χ1n) is 6.99. The van der Waals surface area contributed by atoms with E-state index in [0.717, 1.165) is 6.42 Å². The number of carbonyl (C=O) groups is 3. The maximum Gasteiger partial charge on any atom is 0.318 e. The van der Waals surface area contributed by atoms with Gasteiger partial charge in [0.2, 0.25) is 5.91 Å². The first-order chi connectivity index (χ1) is 9.47. The minimum atomic E-state index is -0.798. The van der Waals surface area contributed by atoms with Gasteiger partial charge in [0.15, 0.2) is 0 Å². The lowest BCUT2D eigenvalue weighted by molar-refractivity contribution is -0.141. The molecule has 1 saturated carbocycles. The molecule has 3 amide bonds. The highest BCUT2D eigenvalue weighted by Gasteiger charge is 2.32. The summed E-state index contributed by atoms with van der Waals surface area (Å²) in [6.07, 6.45) is 2.52. The van der Waals surface area contributed by atoms with Crippen molar-refractivity contribution in [1.29, 1.82) is 0 Å². The van der Waals surface area contributed by atoms with E-state index in [2.05, 4.69) is 5.32 Å². The summed E-state index contributed by atoms with van der Waals surface area (Å²) in [6.45, 7) is 1.31. The van der Waals surface area contributed by atoms with Crippen molar-refractivity contribution in [3.8, 4) is 0 Å². The van der Waals surface area contributed by atoms with E-state index in [0.29, 0.717) is 32.4 Å².